The summed E-state index contributed by atoms with van der Waals surface area (Å²) in [5, 5.41) is 5.90. The Labute approximate surface area is 221 Å². The van der Waals surface area contributed by atoms with Gasteiger partial charge in [-0.2, -0.15) is 9.78 Å². The van der Waals surface area contributed by atoms with E-state index in [-0.39, 0.29) is 28.0 Å². The molecule has 0 bridgehead atoms. The van der Waals surface area contributed by atoms with E-state index in [1.54, 1.807) is 41.5 Å². The van der Waals surface area contributed by atoms with Crippen LogP contribution in [0.3, 0.4) is 0 Å². The van der Waals surface area contributed by atoms with Gasteiger partial charge < -0.3 is 18.9 Å². The minimum Gasteiger partial charge on any atom is -0.440 e. The van der Waals surface area contributed by atoms with E-state index in [1.165, 1.54) is 22.2 Å². The number of halogens is 2. The van der Waals surface area contributed by atoms with Crippen LogP contribution in [0.2, 0.25) is 0 Å². The van der Waals surface area contributed by atoms with Crippen molar-refractivity contribution in [3.05, 3.63) is 47.0 Å². The van der Waals surface area contributed by atoms with Gasteiger partial charge in [-0.3, -0.25) is 9.59 Å². The first-order valence-corrected chi connectivity index (χ1v) is 12.2. The van der Waals surface area contributed by atoms with E-state index in [4.69, 9.17) is 18.9 Å². The Hall–Kier alpha value is -3.87. The number of nitrogens with zero attached hydrogens (tertiary/aromatic N) is 3. The van der Waals surface area contributed by atoms with Crippen LogP contribution in [0.1, 0.15) is 52.0 Å². The summed E-state index contributed by atoms with van der Waals surface area (Å²) in [5.74, 6) is -3.92. The maximum Gasteiger partial charge on any atom is 0.360 e. The lowest BCUT2D eigenvalue weighted by atomic mass is 9.97. The number of aromatic nitrogens is 3. The number of rotatable bonds is 8. The van der Waals surface area contributed by atoms with E-state index in [1.807, 2.05) is 0 Å². The molecule has 0 spiro atoms. The van der Waals surface area contributed by atoms with Crippen LogP contribution in [0.5, 0.6) is 5.88 Å². The monoisotopic (exact) mass is 551 g/mol. The van der Waals surface area contributed by atoms with Crippen molar-refractivity contribution in [3.8, 4) is 22.3 Å². The molecule has 204 valence electrons. The lowest BCUT2D eigenvalue weighted by Crippen LogP contribution is -2.25. The summed E-state index contributed by atoms with van der Waals surface area (Å²) in [4.78, 5) is 40.5. The molecule has 0 radical (unpaired) electrons. The number of hydrogen-bond acceptors (Lipinski definition) is 10. The molecule has 0 aliphatic rings. The maximum atomic E-state index is 13.8. The van der Waals surface area contributed by atoms with Crippen LogP contribution in [0.4, 0.5) is 8.78 Å². The van der Waals surface area contributed by atoms with Crippen molar-refractivity contribution in [1.82, 2.24) is 14.8 Å². The molecule has 0 amide bonds. The Kier molecular flexibility index (Phi) is 8.50. The van der Waals surface area contributed by atoms with Crippen molar-refractivity contribution in [2.45, 2.75) is 41.5 Å². The van der Waals surface area contributed by atoms with Crippen molar-refractivity contribution in [2.75, 3.05) is 13.6 Å². The van der Waals surface area contributed by atoms with Gasteiger partial charge in [-0.15, -0.1) is 11.3 Å². The fraction of sp³-hybridized carbons (Fsp3) is 0.400. The highest BCUT2D eigenvalue weighted by atomic mass is 32.1. The van der Waals surface area contributed by atoms with E-state index in [9.17, 15) is 23.2 Å². The molecule has 0 aliphatic heterocycles. The molecule has 38 heavy (non-hydrogen) atoms. The predicted octanol–water partition coefficient (Wildman–Crippen LogP) is 4.90. The highest BCUT2D eigenvalue weighted by Gasteiger charge is 2.25. The molecule has 0 saturated carbocycles. The second kappa shape index (κ2) is 11.3. The Morgan fingerprint density at radius 2 is 1.53 bits per heavy atom. The van der Waals surface area contributed by atoms with Crippen molar-refractivity contribution >= 4 is 29.2 Å². The summed E-state index contributed by atoms with van der Waals surface area (Å²) in [6.45, 7) is 8.98. The molecular weight excluding hydrogens is 524 g/mol. The van der Waals surface area contributed by atoms with Gasteiger partial charge in [0.2, 0.25) is 24.6 Å². The Morgan fingerprint density at radius 3 is 2.13 bits per heavy atom. The molecule has 0 atom stereocenters. The zero-order chi connectivity index (χ0) is 28.3. The van der Waals surface area contributed by atoms with Crippen LogP contribution in [-0.4, -0.2) is 46.3 Å². The van der Waals surface area contributed by atoms with Crippen molar-refractivity contribution in [3.63, 3.8) is 0 Å². The fourth-order valence-electron chi connectivity index (χ4n) is 2.64. The number of carbonyl (C=O) groups is 3. The number of thiazole rings is 1. The molecule has 0 saturated heterocycles. The lowest BCUT2D eigenvalue weighted by molar-refractivity contribution is -0.162. The van der Waals surface area contributed by atoms with Crippen molar-refractivity contribution in [1.29, 1.82) is 0 Å². The molecule has 0 unspecified atom stereocenters. The Bertz CT molecular complexity index is 1340. The van der Waals surface area contributed by atoms with Crippen molar-refractivity contribution < 1.29 is 42.1 Å². The largest absolute Gasteiger partial charge is 0.440 e. The van der Waals surface area contributed by atoms with Crippen LogP contribution < -0.4 is 4.74 Å². The number of benzene rings is 1. The molecule has 0 fully saturated rings. The van der Waals surface area contributed by atoms with Gasteiger partial charge in [0.1, 0.15) is 0 Å². The van der Waals surface area contributed by atoms with Gasteiger partial charge in [-0.25, -0.2) is 18.6 Å². The summed E-state index contributed by atoms with van der Waals surface area (Å²) in [6, 6.07) is 4.68. The Balaban J connectivity index is 1.82. The predicted molar refractivity (Wildman–Crippen MR) is 131 cm³/mol. The van der Waals surface area contributed by atoms with E-state index in [0.717, 1.165) is 23.5 Å². The topological polar surface area (TPSA) is 119 Å². The molecule has 1 aromatic carbocycles. The van der Waals surface area contributed by atoms with E-state index in [2.05, 4.69) is 10.1 Å². The van der Waals surface area contributed by atoms with Gasteiger partial charge in [0.25, 0.3) is 0 Å². The zero-order valence-electron chi connectivity index (χ0n) is 21.7. The molecule has 3 rings (SSSR count). The van der Waals surface area contributed by atoms with Gasteiger partial charge in [-0.05, 0) is 59.7 Å². The highest BCUT2D eigenvalue weighted by molar-refractivity contribution is 7.12. The Morgan fingerprint density at radius 1 is 0.895 bits per heavy atom. The van der Waals surface area contributed by atoms with Crippen LogP contribution in [0.15, 0.2) is 29.6 Å². The number of carbonyl (C=O) groups excluding carboxylic acids is 3. The average Bonchev–Trinajstić information content (AvgIpc) is 3.47. The number of hydrogen-bond donors (Lipinski definition) is 0. The maximum absolute atomic E-state index is 13.8. The minimum atomic E-state index is -1.06. The molecule has 2 aromatic heterocycles. The molecular formula is C25H27F2N3O7S. The third-order valence-electron chi connectivity index (χ3n) is 4.78. The minimum absolute atomic E-state index is 0.0554. The first-order valence-electron chi connectivity index (χ1n) is 11.3. The first-order chi connectivity index (χ1) is 17.7. The smallest absolute Gasteiger partial charge is 0.360 e. The standard InChI is InChI=1S/C25H27F2N3O7S/c1-24(2,3)21(32)36-12-34-19-10-17(14-7-8-15(26)16(27)9-14)29-30(19)23-28-18(11-38-23)20(31)35-13-37-22(33)25(4,5)6/h7-11H,12-13H2,1-6H3. The van der Waals surface area contributed by atoms with E-state index < -0.39 is 54.0 Å². The number of ether oxygens (including phenoxy) is 4. The molecule has 0 aliphatic carbocycles. The van der Waals surface area contributed by atoms with Gasteiger partial charge in [0.15, 0.2) is 17.3 Å². The molecule has 3 aromatic rings. The van der Waals surface area contributed by atoms with Crippen molar-refractivity contribution in [2.24, 2.45) is 10.8 Å². The summed E-state index contributed by atoms with van der Waals surface area (Å²) in [7, 11) is 0. The summed E-state index contributed by atoms with van der Waals surface area (Å²) in [6.07, 6.45) is 0. The lowest BCUT2D eigenvalue weighted by Gasteiger charge is -2.16. The SMILES string of the molecule is CC(C)(C)C(=O)OCOC(=O)c1csc(-n2nc(-c3ccc(F)c(F)c3)cc2OCOC(=O)C(C)(C)C)n1. The molecule has 13 heteroatoms. The van der Waals surface area contributed by atoms with E-state index in [0.29, 0.717) is 0 Å². The second-order valence-electron chi connectivity index (χ2n) is 10.1. The number of esters is 3. The van der Waals surface area contributed by atoms with Crippen LogP contribution in [0, 0.1) is 22.5 Å². The average molecular weight is 552 g/mol. The van der Waals surface area contributed by atoms with Crippen LogP contribution >= 0.6 is 11.3 Å². The highest BCUT2D eigenvalue weighted by Crippen LogP contribution is 2.29. The van der Waals surface area contributed by atoms with Gasteiger partial charge in [0.05, 0.1) is 16.5 Å². The fourth-order valence-corrected chi connectivity index (χ4v) is 3.39. The van der Waals surface area contributed by atoms with Gasteiger partial charge in [0, 0.05) is 17.0 Å². The van der Waals surface area contributed by atoms with E-state index >= 15 is 0 Å². The summed E-state index contributed by atoms with van der Waals surface area (Å²) < 4.78 is 49.1. The second-order valence-corrected chi connectivity index (χ2v) is 10.9. The normalized spacial score (nSPS) is 11.7. The van der Waals surface area contributed by atoms with Crippen LogP contribution in [-0.2, 0) is 23.8 Å². The molecule has 10 nitrogen and oxygen atoms in total. The third kappa shape index (κ3) is 7.12. The first kappa shape index (κ1) is 28.7. The van der Waals surface area contributed by atoms with Gasteiger partial charge in [-0.1, -0.05) is 0 Å². The zero-order valence-corrected chi connectivity index (χ0v) is 22.5. The molecule has 0 N–H and O–H groups in total. The third-order valence-corrected chi connectivity index (χ3v) is 5.59. The van der Waals surface area contributed by atoms with Gasteiger partial charge >= 0.3 is 17.9 Å². The summed E-state index contributed by atoms with van der Waals surface area (Å²) in [5.41, 5.74) is -1.16. The quantitative estimate of drug-likeness (QED) is 0.284. The molecule has 2 heterocycles. The summed E-state index contributed by atoms with van der Waals surface area (Å²) >= 11 is 1.01. The van der Waals surface area contributed by atoms with Crippen LogP contribution in [0.25, 0.3) is 16.4 Å².